The van der Waals surface area contributed by atoms with E-state index in [1.54, 1.807) is 0 Å². The lowest BCUT2D eigenvalue weighted by Crippen LogP contribution is -2.47. The standard InChI is InChI=1S/C16H19N3O/c1-18-11-14-8-5-9-19(14)12-15(18)10-17-16(20)13-6-3-2-4-7-13/h2-9,15H,10-12H2,1H3,(H,17,20). The smallest absolute Gasteiger partial charge is 0.251 e. The Hall–Kier alpha value is -2.07. The van der Waals surface area contributed by atoms with Crippen LogP contribution in [-0.4, -0.2) is 35.0 Å². The monoisotopic (exact) mass is 269 g/mol. The zero-order valence-electron chi connectivity index (χ0n) is 11.6. The third-order valence-corrected chi connectivity index (χ3v) is 3.90. The number of aromatic nitrogens is 1. The van der Waals surface area contributed by atoms with Gasteiger partial charge in [0.05, 0.1) is 0 Å². The molecule has 2 aromatic rings. The highest BCUT2D eigenvalue weighted by Gasteiger charge is 2.23. The summed E-state index contributed by atoms with van der Waals surface area (Å²) in [4.78, 5) is 14.3. The van der Waals surface area contributed by atoms with Crippen molar-refractivity contribution in [1.82, 2.24) is 14.8 Å². The van der Waals surface area contributed by atoms with Crippen LogP contribution in [0.2, 0.25) is 0 Å². The summed E-state index contributed by atoms with van der Waals surface area (Å²) in [7, 11) is 2.11. The van der Waals surface area contributed by atoms with Gasteiger partial charge in [-0.15, -0.1) is 0 Å². The summed E-state index contributed by atoms with van der Waals surface area (Å²) in [6.45, 7) is 2.52. The minimum atomic E-state index is -0.00250. The molecule has 0 aliphatic carbocycles. The molecule has 1 atom stereocenters. The summed E-state index contributed by atoms with van der Waals surface area (Å²) in [5.41, 5.74) is 2.05. The van der Waals surface area contributed by atoms with Crippen LogP contribution in [0.25, 0.3) is 0 Å². The molecular formula is C16H19N3O. The van der Waals surface area contributed by atoms with Gasteiger partial charge in [-0.3, -0.25) is 9.69 Å². The van der Waals surface area contributed by atoms with E-state index in [1.807, 2.05) is 30.3 Å². The number of benzene rings is 1. The third-order valence-electron chi connectivity index (χ3n) is 3.90. The van der Waals surface area contributed by atoms with E-state index in [0.717, 1.165) is 13.1 Å². The van der Waals surface area contributed by atoms with Gasteiger partial charge in [-0.25, -0.2) is 0 Å². The van der Waals surface area contributed by atoms with Gasteiger partial charge in [0.25, 0.3) is 5.91 Å². The van der Waals surface area contributed by atoms with Crippen LogP contribution in [0.3, 0.4) is 0 Å². The predicted octanol–water partition coefficient (Wildman–Crippen LogP) is 1.73. The van der Waals surface area contributed by atoms with Gasteiger partial charge in [-0.05, 0) is 31.3 Å². The Balaban J connectivity index is 1.60. The Bertz CT molecular complexity index is 591. The molecular weight excluding hydrogens is 250 g/mol. The highest BCUT2D eigenvalue weighted by atomic mass is 16.1. The maximum Gasteiger partial charge on any atom is 0.251 e. The number of carbonyl (C=O) groups is 1. The van der Waals surface area contributed by atoms with Gasteiger partial charge < -0.3 is 9.88 Å². The van der Waals surface area contributed by atoms with Crippen LogP contribution < -0.4 is 5.32 Å². The average Bonchev–Trinajstić information content (AvgIpc) is 2.92. The summed E-state index contributed by atoms with van der Waals surface area (Å²) in [6, 6.07) is 13.9. The van der Waals surface area contributed by atoms with E-state index in [2.05, 4.69) is 40.2 Å². The molecule has 0 fully saturated rings. The molecule has 0 saturated heterocycles. The quantitative estimate of drug-likeness (QED) is 0.921. The fourth-order valence-corrected chi connectivity index (χ4v) is 2.64. The van der Waals surface area contributed by atoms with E-state index in [1.165, 1.54) is 5.69 Å². The van der Waals surface area contributed by atoms with E-state index in [9.17, 15) is 4.79 Å². The number of likely N-dealkylation sites (N-methyl/N-ethyl adjacent to an activating group) is 1. The topological polar surface area (TPSA) is 37.3 Å². The van der Waals surface area contributed by atoms with Crippen molar-refractivity contribution in [3.8, 4) is 0 Å². The molecule has 20 heavy (non-hydrogen) atoms. The van der Waals surface area contributed by atoms with Crippen LogP contribution in [0.4, 0.5) is 0 Å². The number of nitrogens with zero attached hydrogens (tertiary/aromatic N) is 2. The summed E-state index contributed by atoms with van der Waals surface area (Å²) in [6.07, 6.45) is 2.11. The molecule has 4 nitrogen and oxygen atoms in total. The number of hydrogen-bond donors (Lipinski definition) is 1. The summed E-state index contributed by atoms with van der Waals surface area (Å²) >= 11 is 0. The molecule has 104 valence electrons. The van der Waals surface area contributed by atoms with Gasteiger partial charge in [-0.2, -0.15) is 0 Å². The number of hydrogen-bond acceptors (Lipinski definition) is 2. The largest absolute Gasteiger partial charge is 0.350 e. The summed E-state index contributed by atoms with van der Waals surface area (Å²) < 4.78 is 2.26. The first-order chi connectivity index (χ1) is 9.74. The van der Waals surface area contributed by atoms with Gasteiger partial charge >= 0.3 is 0 Å². The van der Waals surface area contributed by atoms with Gasteiger partial charge in [0.1, 0.15) is 0 Å². The van der Waals surface area contributed by atoms with Gasteiger partial charge in [0.2, 0.25) is 0 Å². The van der Waals surface area contributed by atoms with Crippen LogP contribution in [0.1, 0.15) is 16.1 Å². The zero-order chi connectivity index (χ0) is 13.9. The first-order valence-electron chi connectivity index (χ1n) is 6.91. The van der Waals surface area contributed by atoms with Crippen molar-refractivity contribution in [2.24, 2.45) is 0 Å². The zero-order valence-corrected chi connectivity index (χ0v) is 11.6. The van der Waals surface area contributed by atoms with Crippen LogP contribution in [0.15, 0.2) is 48.7 Å². The van der Waals surface area contributed by atoms with Gasteiger partial charge in [0, 0.05) is 43.1 Å². The van der Waals surface area contributed by atoms with E-state index >= 15 is 0 Å². The predicted molar refractivity (Wildman–Crippen MR) is 78.5 cm³/mol. The molecule has 1 aliphatic heterocycles. The number of nitrogens with one attached hydrogen (secondary N) is 1. The number of amides is 1. The van der Waals surface area contributed by atoms with E-state index in [-0.39, 0.29) is 5.91 Å². The molecule has 2 heterocycles. The van der Waals surface area contributed by atoms with Crippen molar-refractivity contribution in [3.05, 3.63) is 59.9 Å². The van der Waals surface area contributed by atoms with Crippen molar-refractivity contribution in [2.75, 3.05) is 13.6 Å². The lowest BCUT2D eigenvalue weighted by molar-refractivity contribution is 0.0925. The molecule has 0 saturated carbocycles. The first kappa shape index (κ1) is 12.9. The normalized spacial score (nSPS) is 18.6. The Morgan fingerprint density at radius 2 is 2.05 bits per heavy atom. The third kappa shape index (κ3) is 2.60. The number of carbonyl (C=O) groups excluding carboxylic acids is 1. The molecule has 1 amide bonds. The van der Waals surface area contributed by atoms with Crippen LogP contribution in [0.5, 0.6) is 0 Å². The van der Waals surface area contributed by atoms with E-state index < -0.39 is 0 Å². The Morgan fingerprint density at radius 1 is 1.25 bits per heavy atom. The Labute approximate surface area is 119 Å². The van der Waals surface area contributed by atoms with Crippen LogP contribution >= 0.6 is 0 Å². The second-order valence-electron chi connectivity index (χ2n) is 5.30. The highest BCUT2D eigenvalue weighted by Crippen LogP contribution is 2.16. The highest BCUT2D eigenvalue weighted by molar-refractivity contribution is 5.94. The van der Waals surface area contributed by atoms with Crippen molar-refractivity contribution in [3.63, 3.8) is 0 Å². The number of rotatable bonds is 3. The van der Waals surface area contributed by atoms with E-state index in [0.29, 0.717) is 18.2 Å². The fourth-order valence-electron chi connectivity index (χ4n) is 2.64. The van der Waals surface area contributed by atoms with Crippen molar-refractivity contribution >= 4 is 5.91 Å². The van der Waals surface area contributed by atoms with Crippen molar-refractivity contribution < 1.29 is 4.79 Å². The van der Waals surface area contributed by atoms with Gasteiger partial charge in [0.15, 0.2) is 0 Å². The molecule has 1 aromatic carbocycles. The molecule has 0 bridgehead atoms. The Morgan fingerprint density at radius 3 is 2.85 bits per heavy atom. The number of fused-ring (bicyclic) bond motifs is 1. The molecule has 1 aliphatic rings. The molecule has 1 N–H and O–H groups in total. The molecule has 4 heteroatoms. The summed E-state index contributed by atoms with van der Waals surface area (Å²) in [5.74, 6) is -0.00250. The van der Waals surface area contributed by atoms with Crippen molar-refractivity contribution in [1.29, 1.82) is 0 Å². The molecule has 1 unspecified atom stereocenters. The lowest BCUT2D eigenvalue weighted by Gasteiger charge is -2.34. The molecule has 0 radical (unpaired) electrons. The molecule has 0 spiro atoms. The maximum atomic E-state index is 12.1. The SMILES string of the molecule is CN1Cc2cccn2CC1CNC(=O)c1ccccc1. The average molecular weight is 269 g/mol. The lowest BCUT2D eigenvalue weighted by atomic mass is 10.1. The second-order valence-corrected chi connectivity index (χ2v) is 5.30. The van der Waals surface area contributed by atoms with Crippen LogP contribution in [-0.2, 0) is 13.1 Å². The molecule has 1 aromatic heterocycles. The first-order valence-corrected chi connectivity index (χ1v) is 6.91. The molecule has 3 rings (SSSR count). The van der Waals surface area contributed by atoms with Crippen molar-refractivity contribution in [2.45, 2.75) is 19.1 Å². The van der Waals surface area contributed by atoms with Crippen LogP contribution in [0, 0.1) is 0 Å². The fraction of sp³-hybridized carbons (Fsp3) is 0.312. The Kier molecular flexibility index (Phi) is 3.56. The summed E-state index contributed by atoms with van der Waals surface area (Å²) in [5, 5.41) is 3.03. The minimum absolute atomic E-state index is 0.00250. The second kappa shape index (κ2) is 5.51. The van der Waals surface area contributed by atoms with E-state index in [4.69, 9.17) is 0 Å². The minimum Gasteiger partial charge on any atom is -0.350 e. The maximum absolute atomic E-state index is 12.1. The van der Waals surface area contributed by atoms with Gasteiger partial charge in [-0.1, -0.05) is 18.2 Å².